The van der Waals surface area contributed by atoms with E-state index in [-0.39, 0.29) is 28.5 Å². The first-order valence-electron chi connectivity index (χ1n) is 8.72. The number of hydrogen-bond acceptors (Lipinski definition) is 3. The molecule has 2 aliphatic rings. The van der Waals surface area contributed by atoms with Gasteiger partial charge in [0.05, 0.1) is 0 Å². The minimum Gasteiger partial charge on any atom is -0.318 e. The van der Waals surface area contributed by atoms with Crippen LogP contribution in [0.2, 0.25) is 0 Å². The molecule has 1 aliphatic heterocycles. The summed E-state index contributed by atoms with van der Waals surface area (Å²) >= 11 is 5.15. The molecule has 138 valence electrons. The van der Waals surface area contributed by atoms with Crippen LogP contribution in [-0.2, 0) is 9.59 Å². The van der Waals surface area contributed by atoms with E-state index in [0.717, 1.165) is 35.5 Å². The van der Waals surface area contributed by atoms with Crippen LogP contribution >= 0.6 is 12.2 Å². The van der Waals surface area contributed by atoms with Gasteiger partial charge in [-0.1, -0.05) is 0 Å². The van der Waals surface area contributed by atoms with E-state index in [9.17, 15) is 14.0 Å². The van der Waals surface area contributed by atoms with Crippen molar-refractivity contribution >= 4 is 35.2 Å². The first-order chi connectivity index (χ1) is 12.9. The Labute approximate surface area is 161 Å². The van der Waals surface area contributed by atoms with Gasteiger partial charge in [-0.05, 0) is 80.9 Å². The summed E-state index contributed by atoms with van der Waals surface area (Å²) in [6.45, 7) is 3.82. The quantitative estimate of drug-likeness (QED) is 0.504. The van der Waals surface area contributed by atoms with E-state index in [1.165, 1.54) is 17.0 Å². The highest BCUT2D eigenvalue weighted by molar-refractivity contribution is 7.80. The van der Waals surface area contributed by atoms with Crippen molar-refractivity contribution in [3.8, 4) is 5.69 Å². The number of hydrogen-bond donors (Lipinski definition) is 1. The van der Waals surface area contributed by atoms with E-state index < -0.39 is 5.91 Å². The van der Waals surface area contributed by atoms with Crippen LogP contribution in [0.25, 0.3) is 11.8 Å². The lowest BCUT2D eigenvalue weighted by Gasteiger charge is -2.28. The molecule has 5 nitrogen and oxygen atoms in total. The number of benzene rings is 1. The summed E-state index contributed by atoms with van der Waals surface area (Å²) in [4.78, 5) is 26.7. The average molecular weight is 383 g/mol. The fourth-order valence-electron chi connectivity index (χ4n) is 3.41. The first kappa shape index (κ1) is 17.6. The van der Waals surface area contributed by atoms with Crippen LogP contribution in [0, 0.1) is 19.7 Å². The number of thiocarbonyl (C=S) groups is 1. The Hall–Kier alpha value is -2.80. The molecule has 2 amide bonds. The number of rotatable bonds is 3. The lowest BCUT2D eigenvalue weighted by molar-refractivity contribution is -0.129. The molecule has 1 saturated carbocycles. The van der Waals surface area contributed by atoms with Crippen molar-refractivity contribution in [3.63, 3.8) is 0 Å². The molecule has 1 N–H and O–H groups in total. The number of carbonyl (C=O) groups is 2. The number of amides is 2. The molecule has 0 radical (unpaired) electrons. The standard InChI is InChI=1S/C20H18FN3O2S/c1-11-9-13(12(2)23(11)15-5-3-14(21)4-6-15)10-17-18(25)22-20(27)24(19(17)26)16-7-8-16/h3-6,9-10,16H,7-8H2,1-2H3,(H,22,25,27)/b17-10-. The molecule has 1 aromatic carbocycles. The van der Waals surface area contributed by atoms with E-state index >= 15 is 0 Å². The molecule has 2 heterocycles. The molecule has 0 bridgehead atoms. The fraction of sp³-hybridized carbons (Fsp3) is 0.250. The number of nitrogens with zero attached hydrogens (tertiary/aromatic N) is 2. The first-order valence-corrected chi connectivity index (χ1v) is 9.13. The molecule has 27 heavy (non-hydrogen) atoms. The van der Waals surface area contributed by atoms with Gasteiger partial charge in [-0.25, -0.2) is 4.39 Å². The molecular weight excluding hydrogens is 365 g/mol. The third-order valence-electron chi connectivity index (χ3n) is 4.90. The average Bonchev–Trinajstić information content (AvgIpc) is 3.39. The van der Waals surface area contributed by atoms with Gasteiger partial charge in [0.25, 0.3) is 11.8 Å². The summed E-state index contributed by atoms with van der Waals surface area (Å²) in [6, 6.07) is 8.18. The van der Waals surface area contributed by atoms with Gasteiger partial charge in [-0.15, -0.1) is 0 Å². The topological polar surface area (TPSA) is 54.3 Å². The minimum absolute atomic E-state index is 0.0786. The molecule has 7 heteroatoms. The second-order valence-corrected chi connectivity index (χ2v) is 7.25. The maximum Gasteiger partial charge on any atom is 0.265 e. The van der Waals surface area contributed by atoms with E-state index in [4.69, 9.17) is 12.2 Å². The van der Waals surface area contributed by atoms with Crippen LogP contribution in [0.4, 0.5) is 4.39 Å². The number of aryl methyl sites for hydroxylation is 1. The zero-order valence-electron chi connectivity index (χ0n) is 15.0. The highest BCUT2D eigenvalue weighted by Crippen LogP contribution is 2.31. The Kier molecular flexibility index (Phi) is 4.19. The molecule has 0 unspecified atom stereocenters. The number of carbonyl (C=O) groups excluding carboxylic acids is 2. The SMILES string of the molecule is Cc1cc(/C=C2/C(=O)NC(=S)N(C3CC3)C2=O)c(C)n1-c1ccc(F)cc1. The van der Waals surface area contributed by atoms with Crippen molar-refractivity contribution in [2.75, 3.05) is 0 Å². The van der Waals surface area contributed by atoms with Gasteiger partial charge in [-0.2, -0.15) is 0 Å². The second-order valence-electron chi connectivity index (χ2n) is 6.86. The predicted octanol–water partition coefficient (Wildman–Crippen LogP) is 3.02. The summed E-state index contributed by atoms with van der Waals surface area (Å²) in [5, 5.41) is 2.79. The Morgan fingerprint density at radius 1 is 1.19 bits per heavy atom. The smallest absolute Gasteiger partial charge is 0.265 e. The molecule has 2 fully saturated rings. The van der Waals surface area contributed by atoms with Crippen LogP contribution in [0.15, 0.2) is 35.9 Å². The van der Waals surface area contributed by atoms with E-state index in [1.54, 1.807) is 18.2 Å². The van der Waals surface area contributed by atoms with Crippen molar-refractivity contribution in [1.29, 1.82) is 0 Å². The van der Waals surface area contributed by atoms with Gasteiger partial charge in [0.15, 0.2) is 5.11 Å². The lowest BCUT2D eigenvalue weighted by Crippen LogP contribution is -2.54. The molecule has 0 spiro atoms. The molecule has 1 aromatic heterocycles. The van der Waals surface area contributed by atoms with Gasteiger partial charge in [0.2, 0.25) is 0 Å². The van der Waals surface area contributed by atoms with Crippen LogP contribution < -0.4 is 5.32 Å². The summed E-state index contributed by atoms with van der Waals surface area (Å²) in [7, 11) is 0. The number of halogens is 1. The summed E-state index contributed by atoms with van der Waals surface area (Å²) < 4.78 is 15.2. The molecule has 1 saturated heterocycles. The summed E-state index contributed by atoms with van der Waals surface area (Å²) in [6.07, 6.45) is 3.40. The summed E-state index contributed by atoms with van der Waals surface area (Å²) in [5.74, 6) is -1.13. The van der Waals surface area contributed by atoms with E-state index in [2.05, 4.69) is 5.32 Å². The Morgan fingerprint density at radius 2 is 1.85 bits per heavy atom. The number of aromatic nitrogens is 1. The minimum atomic E-state index is -0.478. The van der Waals surface area contributed by atoms with Crippen molar-refractivity contribution < 1.29 is 14.0 Å². The molecule has 0 atom stereocenters. The van der Waals surface area contributed by atoms with Gasteiger partial charge in [0, 0.05) is 23.1 Å². The number of nitrogens with one attached hydrogen (secondary N) is 1. The van der Waals surface area contributed by atoms with Crippen LogP contribution in [-0.4, -0.2) is 32.4 Å². The zero-order chi connectivity index (χ0) is 19.3. The van der Waals surface area contributed by atoms with Gasteiger partial charge < -0.3 is 4.57 Å². The zero-order valence-corrected chi connectivity index (χ0v) is 15.8. The lowest BCUT2D eigenvalue weighted by atomic mass is 10.1. The summed E-state index contributed by atoms with van der Waals surface area (Å²) in [5.41, 5.74) is 3.44. The third-order valence-corrected chi connectivity index (χ3v) is 5.20. The second kappa shape index (κ2) is 6.42. The maximum atomic E-state index is 13.2. The molecular formula is C20H18FN3O2S. The van der Waals surface area contributed by atoms with Crippen molar-refractivity contribution in [1.82, 2.24) is 14.8 Å². The van der Waals surface area contributed by atoms with Crippen molar-refractivity contribution in [2.24, 2.45) is 0 Å². The van der Waals surface area contributed by atoms with Crippen LogP contribution in [0.1, 0.15) is 29.8 Å². The monoisotopic (exact) mass is 383 g/mol. The maximum absolute atomic E-state index is 13.2. The van der Waals surface area contributed by atoms with Gasteiger partial charge in [-0.3, -0.25) is 19.8 Å². The molecule has 1 aliphatic carbocycles. The largest absolute Gasteiger partial charge is 0.318 e. The van der Waals surface area contributed by atoms with Gasteiger partial charge >= 0.3 is 0 Å². The Bertz CT molecular complexity index is 1000. The van der Waals surface area contributed by atoms with E-state index in [1.807, 2.05) is 24.5 Å². The molecule has 2 aromatic rings. The highest BCUT2D eigenvalue weighted by Gasteiger charge is 2.42. The highest BCUT2D eigenvalue weighted by atomic mass is 32.1. The van der Waals surface area contributed by atoms with Crippen LogP contribution in [0.3, 0.4) is 0 Å². The van der Waals surface area contributed by atoms with Crippen molar-refractivity contribution in [3.05, 3.63) is 58.7 Å². The van der Waals surface area contributed by atoms with Crippen molar-refractivity contribution in [2.45, 2.75) is 32.7 Å². The van der Waals surface area contributed by atoms with E-state index in [0.29, 0.717) is 0 Å². The third kappa shape index (κ3) is 3.08. The normalized spacial score (nSPS) is 19.0. The Morgan fingerprint density at radius 3 is 2.48 bits per heavy atom. The van der Waals surface area contributed by atoms with Crippen LogP contribution in [0.5, 0.6) is 0 Å². The predicted molar refractivity (Wildman–Crippen MR) is 104 cm³/mol. The Balaban J connectivity index is 1.74. The molecule has 4 rings (SSSR count). The fourth-order valence-corrected chi connectivity index (χ4v) is 3.74. The van der Waals surface area contributed by atoms with Gasteiger partial charge in [0.1, 0.15) is 11.4 Å².